The number of imidazole rings is 1. The van der Waals surface area contributed by atoms with Crippen molar-refractivity contribution in [2.75, 3.05) is 6.61 Å². The van der Waals surface area contributed by atoms with E-state index in [9.17, 15) is 4.79 Å². The maximum atomic E-state index is 11.7. The Morgan fingerprint density at radius 1 is 1.00 bits per heavy atom. The maximum Gasteiger partial charge on any atom is 0.306 e. The SMILES string of the molecule is CCOC(=O)CC1CCC(Oc2ccc(-c3ccc(-c4nc5ccc(C)cc5[nH]4)cn3)cn2)CC1. The Kier molecular flexibility index (Phi) is 6.75. The third-order valence-electron chi connectivity index (χ3n) is 6.55. The van der Waals surface area contributed by atoms with Crippen LogP contribution in [-0.4, -0.2) is 38.6 Å². The Morgan fingerprint density at radius 3 is 2.51 bits per heavy atom. The summed E-state index contributed by atoms with van der Waals surface area (Å²) in [5.41, 5.74) is 5.89. The zero-order chi connectivity index (χ0) is 24.2. The molecule has 0 amide bonds. The van der Waals surface area contributed by atoms with Crippen molar-refractivity contribution in [3.05, 3.63) is 60.4 Å². The molecule has 0 bridgehead atoms. The van der Waals surface area contributed by atoms with Crippen molar-refractivity contribution in [1.82, 2.24) is 19.9 Å². The fourth-order valence-electron chi connectivity index (χ4n) is 4.65. The molecule has 1 N–H and O–H groups in total. The lowest BCUT2D eigenvalue weighted by molar-refractivity contribution is -0.144. The zero-order valence-corrected chi connectivity index (χ0v) is 20.2. The van der Waals surface area contributed by atoms with Crippen molar-refractivity contribution in [3.63, 3.8) is 0 Å². The molecule has 0 spiro atoms. The van der Waals surface area contributed by atoms with Crippen molar-refractivity contribution in [3.8, 4) is 28.5 Å². The average molecular weight is 471 g/mol. The number of hydrogen-bond acceptors (Lipinski definition) is 6. The van der Waals surface area contributed by atoms with Gasteiger partial charge in [0, 0.05) is 36.0 Å². The molecule has 180 valence electrons. The van der Waals surface area contributed by atoms with E-state index in [0.717, 1.165) is 59.4 Å². The second kappa shape index (κ2) is 10.3. The monoisotopic (exact) mass is 470 g/mol. The topological polar surface area (TPSA) is 90.0 Å². The van der Waals surface area contributed by atoms with E-state index in [4.69, 9.17) is 9.47 Å². The number of fused-ring (bicyclic) bond motifs is 1. The first-order chi connectivity index (χ1) is 17.1. The van der Waals surface area contributed by atoms with Crippen molar-refractivity contribution in [2.45, 2.75) is 52.1 Å². The number of rotatable bonds is 7. The summed E-state index contributed by atoms with van der Waals surface area (Å²) in [6.07, 6.45) is 8.08. The lowest BCUT2D eigenvalue weighted by Gasteiger charge is -2.28. The summed E-state index contributed by atoms with van der Waals surface area (Å²) in [4.78, 5) is 28.9. The van der Waals surface area contributed by atoms with Crippen molar-refractivity contribution >= 4 is 17.0 Å². The van der Waals surface area contributed by atoms with E-state index in [0.29, 0.717) is 24.8 Å². The molecular weight excluding hydrogens is 440 g/mol. The van der Waals surface area contributed by atoms with Gasteiger partial charge in [-0.05, 0) is 81.3 Å². The average Bonchev–Trinajstić information content (AvgIpc) is 3.29. The smallest absolute Gasteiger partial charge is 0.306 e. The van der Waals surface area contributed by atoms with Gasteiger partial charge in [0.15, 0.2) is 0 Å². The number of nitrogens with one attached hydrogen (secondary N) is 1. The van der Waals surface area contributed by atoms with Crippen LogP contribution in [-0.2, 0) is 9.53 Å². The summed E-state index contributed by atoms with van der Waals surface area (Å²) >= 11 is 0. The lowest BCUT2D eigenvalue weighted by atomic mass is 9.85. The number of aromatic nitrogens is 4. The highest BCUT2D eigenvalue weighted by Gasteiger charge is 2.25. The summed E-state index contributed by atoms with van der Waals surface area (Å²) in [6, 6.07) is 14.1. The maximum absolute atomic E-state index is 11.7. The second-order valence-electron chi connectivity index (χ2n) is 9.19. The normalized spacial score (nSPS) is 17.9. The van der Waals surface area contributed by atoms with E-state index in [2.05, 4.69) is 39.0 Å². The minimum atomic E-state index is -0.0940. The van der Waals surface area contributed by atoms with Crippen molar-refractivity contribution in [2.24, 2.45) is 5.92 Å². The molecule has 1 saturated carbocycles. The molecule has 0 saturated heterocycles. The number of benzene rings is 1. The van der Waals surface area contributed by atoms with Gasteiger partial charge in [-0.25, -0.2) is 9.97 Å². The highest BCUT2D eigenvalue weighted by Crippen LogP contribution is 2.30. The Morgan fingerprint density at radius 2 is 1.80 bits per heavy atom. The first kappa shape index (κ1) is 23.0. The van der Waals surface area contributed by atoms with Gasteiger partial charge in [0.2, 0.25) is 5.88 Å². The quantitative estimate of drug-likeness (QED) is 0.339. The van der Waals surface area contributed by atoms with E-state index in [-0.39, 0.29) is 12.1 Å². The Balaban J connectivity index is 1.18. The third-order valence-corrected chi connectivity index (χ3v) is 6.55. The second-order valence-corrected chi connectivity index (χ2v) is 9.19. The molecule has 0 unspecified atom stereocenters. The zero-order valence-electron chi connectivity index (χ0n) is 20.2. The molecular formula is C28H30N4O3. The summed E-state index contributed by atoms with van der Waals surface area (Å²) in [7, 11) is 0. The Hall–Kier alpha value is -3.74. The highest BCUT2D eigenvalue weighted by molar-refractivity contribution is 5.80. The molecule has 35 heavy (non-hydrogen) atoms. The minimum absolute atomic E-state index is 0.0940. The van der Waals surface area contributed by atoms with E-state index >= 15 is 0 Å². The fraction of sp³-hybridized carbons (Fsp3) is 0.357. The molecule has 0 radical (unpaired) electrons. The van der Waals surface area contributed by atoms with Crippen LogP contribution in [0, 0.1) is 12.8 Å². The van der Waals surface area contributed by atoms with E-state index in [1.165, 1.54) is 5.56 Å². The largest absolute Gasteiger partial charge is 0.474 e. The molecule has 7 heteroatoms. The van der Waals surface area contributed by atoms with E-state index in [1.807, 2.05) is 43.5 Å². The number of carbonyl (C=O) groups is 1. The summed E-state index contributed by atoms with van der Waals surface area (Å²) in [5.74, 6) is 1.73. The van der Waals surface area contributed by atoms with Gasteiger partial charge in [-0.2, -0.15) is 0 Å². The molecule has 4 aromatic rings. The third kappa shape index (κ3) is 5.50. The molecule has 1 aliphatic rings. The number of H-pyrrole nitrogens is 1. The highest BCUT2D eigenvalue weighted by atomic mass is 16.5. The van der Waals surface area contributed by atoms with Crippen LogP contribution in [0.3, 0.4) is 0 Å². The van der Waals surface area contributed by atoms with Crippen LogP contribution in [0.5, 0.6) is 5.88 Å². The molecule has 5 rings (SSSR count). The van der Waals surface area contributed by atoms with Crippen LogP contribution >= 0.6 is 0 Å². The first-order valence-electron chi connectivity index (χ1n) is 12.3. The van der Waals surface area contributed by atoms with Gasteiger partial charge in [0.05, 0.1) is 23.3 Å². The summed E-state index contributed by atoms with van der Waals surface area (Å²) in [5, 5.41) is 0. The molecule has 0 atom stereocenters. The number of aryl methyl sites for hydroxylation is 1. The van der Waals surface area contributed by atoms with Gasteiger partial charge in [-0.3, -0.25) is 9.78 Å². The number of pyridine rings is 2. The standard InChI is InChI=1S/C28H30N4O3/c1-3-34-27(33)15-19-5-9-22(10-6-19)35-26-13-8-20(16-30-26)23-12-7-21(17-29-23)28-31-24-11-4-18(2)14-25(24)32-28/h4,7-8,11-14,16-17,19,22H,3,5-6,9-10,15H2,1-2H3,(H,31,32). The van der Waals surface area contributed by atoms with Gasteiger partial charge in [0.25, 0.3) is 0 Å². The predicted octanol–water partition coefficient (Wildman–Crippen LogP) is 5.89. The number of esters is 1. The first-order valence-corrected chi connectivity index (χ1v) is 12.3. The van der Waals surface area contributed by atoms with Crippen molar-refractivity contribution in [1.29, 1.82) is 0 Å². The summed E-state index contributed by atoms with van der Waals surface area (Å²) in [6.45, 7) is 4.36. The van der Waals surface area contributed by atoms with Crippen LogP contribution in [0.25, 0.3) is 33.7 Å². The van der Waals surface area contributed by atoms with Crippen LogP contribution in [0.1, 0.15) is 44.6 Å². The molecule has 3 aromatic heterocycles. The van der Waals surface area contributed by atoms with Gasteiger partial charge in [0.1, 0.15) is 11.9 Å². The summed E-state index contributed by atoms with van der Waals surface area (Å²) < 4.78 is 11.2. The van der Waals surface area contributed by atoms with E-state index < -0.39 is 0 Å². The van der Waals surface area contributed by atoms with E-state index in [1.54, 1.807) is 6.20 Å². The number of aromatic amines is 1. The van der Waals surface area contributed by atoms with Crippen LogP contribution in [0.2, 0.25) is 0 Å². The molecule has 7 nitrogen and oxygen atoms in total. The molecule has 1 fully saturated rings. The Labute approximate surface area is 204 Å². The predicted molar refractivity (Wildman–Crippen MR) is 135 cm³/mol. The molecule has 0 aliphatic heterocycles. The molecule has 1 aromatic carbocycles. The van der Waals surface area contributed by atoms with Gasteiger partial charge in [-0.15, -0.1) is 0 Å². The number of ether oxygens (including phenoxy) is 2. The van der Waals surface area contributed by atoms with Crippen LogP contribution in [0.15, 0.2) is 54.9 Å². The molecule has 3 heterocycles. The van der Waals surface area contributed by atoms with Gasteiger partial charge >= 0.3 is 5.97 Å². The molecule has 1 aliphatic carbocycles. The van der Waals surface area contributed by atoms with Crippen LogP contribution < -0.4 is 4.74 Å². The lowest BCUT2D eigenvalue weighted by Crippen LogP contribution is -2.26. The van der Waals surface area contributed by atoms with Crippen molar-refractivity contribution < 1.29 is 14.3 Å². The number of nitrogens with zero attached hydrogens (tertiary/aromatic N) is 3. The minimum Gasteiger partial charge on any atom is -0.474 e. The van der Waals surface area contributed by atoms with Crippen LogP contribution in [0.4, 0.5) is 0 Å². The van der Waals surface area contributed by atoms with Gasteiger partial charge < -0.3 is 14.5 Å². The fourth-order valence-corrected chi connectivity index (χ4v) is 4.65. The van der Waals surface area contributed by atoms with Gasteiger partial charge in [-0.1, -0.05) is 6.07 Å². The number of carbonyl (C=O) groups excluding carboxylic acids is 1. The number of hydrogen-bond donors (Lipinski definition) is 1. The Bertz CT molecular complexity index is 1290.